The second kappa shape index (κ2) is 5.22. The van der Waals surface area contributed by atoms with Crippen LogP contribution in [0.15, 0.2) is 6.07 Å². The fourth-order valence-corrected chi connectivity index (χ4v) is 2.51. The van der Waals surface area contributed by atoms with Gasteiger partial charge < -0.3 is 10.6 Å². The van der Waals surface area contributed by atoms with E-state index in [9.17, 15) is 0 Å². The monoisotopic (exact) mass is 248 g/mol. The van der Waals surface area contributed by atoms with Crippen LogP contribution in [0, 0.1) is 6.92 Å². The molecule has 2 atom stereocenters. The summed E-state index contributed by atoms with van der Waals surface area (Å²) in [5.41, 5.74) is 8.18. The Kier molecular flexibility index (Phi) is 3.85. The number of hydrogen-bond acceptors (Lipinski definition) is 4. The molecule has 0 aliphatic carbocycles. The van der Waals surface area contributed by atoms with Crippen LogP contribution in [0.1, 0.15) is 50.9 Å². The van der Waals surface area contributed by atoms with Gasteiger partial charge in [0.1, 0.15) is 0 Å². The minimum absolute atomic E-state index is 0.325. The molecule has 0 spiro atoms. The molecule has 4 heteroatoms. The number of rotatable bonds is 2. The number of aryl methyl sites for hydroxylation is 1. The molecule has 2 unspecified atom stereocenters. The molecule has 1 aromatic rings. The predicted octanol–water partition coefficient (Wildman–Crippen LogP) is 2.22. The van der Waals surface area contributed by atoms with Crippen LogP contribution < -0.4 is 10.6 Å². The van der Waals surface area contributed by atoms with Gasteiger partial charge in [-0.1, -0.05) is 13.8 Å². The van der Waals surface area contributed by atoms with Gasteiger partial charge in [0.2, 0.25) is 5.95 Å². The van der Waals surface area contributed by atoms with E-state index in [-0.39, 0.29) is 0 Å². The van der Waals surface area contributed by atoms with Gasteiger partial charge in [-0.05, 0) is 38.7 Å². The van der Waals surface area contributed by atoms with Crippen molar-refractivity contribution in [3.8, 4) is 0 Å². The first-order valence-corrected chi connectivity index (χ1v) is 6.85. The fraction of sp³-hybridized carbons (Fsp3) is 0.714. The number of nitrogens with two attached hydrogens (primary N) is 1. The maximum absolute atomic E-state index is 6.01. The minimum Gasteiger partial charge on any atom is -0.338 e. The highest BCUT2D eigenvalue weighted by Crippen LogP contribution is 2.23. The minimum atomic E-state index is 0.325. The molecule has 1 fully saturated rings. The normalized spacial score (nSPS) is 24.7. The predicted molar refractivity (Wildman–Crippen MR) is 74.9 cm³/mol. The summed E-state index contributed by atoms with van der Waals surface area (Å²) < 4.78 is 0. The van der Waals surface area contributed by atoms with Crippen molar-refractivity contribution in [1.29, 1.82) is 0 Å². The molecule has 2 rings (SSSR count). The topological polar surface area (TPSA) is 55.0 Å². The first kappa shape index (κ1) is 13.3. The van der Waals surface area contributed by atoms with E-state index in [4.69, 9.17) is 10.7 Å². The molecule has 100 valence electrons. The highest BCUT2D eigenvalue weighted by Gasteiger charge is 2.25. The van der Waals surface area contributed by atoms with Gasteiger partial charge in [0.15, 0.2) is 0 Å². The Balaban J connectivity index is 2.27. The highest BCUT2D eigenvalue weighted by molar-refractivity contribution is 5.35. The van der Waals surface area contributed by atoms with Crippen LogP contribution >= 0.6 is 0 Å². The Hall–Kier alpha value is -1.16. The van der Waals surface area contributed by atoms with Crippen molar-refractivity contribution in [3.63, 3.8) is 0 Å². The Bertz CT molecular complexity index is 416. The molecule has 1 aliphatic rings. The Morgan fingerprint density at radius 3 is 2.72 bits per heavy atom. The third kappa shape index (κ3) is 2.80. The SMILES string of the molecule is Cc1cc(C(C)C)nc(N2CCC(N)CC2C)n1. The lowest BCUT2D eigenvalue weighted by atomic mass is 9.99. The molecule has 0 bridgehead atoms. The van der Waals surface area contributed by atoms with Gasteiger partial charge in [0.25, 0.3) is 0 Å². The summed E-state index contributed by atoms with van der Waals surface area (Å²) in [6.45, 7) is 9.54. The summed E-state index contributed by atoms with van der Waals surface area (Å²) in [7, 11) is 0. The lowest BCUT2D eigenvalue weighted by Gasteiger charge is -2.36. The van der Waals surface area contributed by atoms with Crippen LogP contribution in [0.4, 0.5) is 5.95 Å². The average molecular weight is 248 g/mol. The van der Waals surface area contributed by atoms with Crippen LogP contribution in [0.5, 0.6) is 0 Å². The van der Waals surface area contributed by atoms with Crippen LogP contribution in [0.25, 0.3) is 0 Å². The van der Waals surface area contributed by atoms with Gasteiger partial charge in [-0.25, -0.2) is 9.97 Å². The van der Waals surface area contributed by atoms with Crippen LogP contribution in [-0.4, -0.2) is 28.6 Å². The zero-order chi connectivity index (χ0) is 13.3. The van der Waals surface area contributed by atoms with Crippen LogP contribution in [0.2, 0.25) is 0 Å². The average Bonchev–Trinajstić information content (AvgIpc) is 2.27. The molecular weight excluding hydrogens is 224 g/mol. The van der Waals surface area contributed by atoms with Gasteiger partial charge in [0, 0.05) is 30.0 Å². The first-order valence-electron chi connectivity index (χ1n) is 6.85. The van der Waals surface area contributed by atoms with Crippen LogP contribution in [-0.2, 0) is 0 Å². The molecule has 2 N–H and O–H groups in total. The van der Waals surface area contributed by atoms with E-state index in [0.29, 0.717) is 18.0 Å². The van der Waals surface area contributed by atoms with E-state index >= 15 is 0 Å². The molecule has 4 nitrogen and oxygen atoms in total. The molecular formula is C14H24N4. The number of hydrogen-bond donors (Lipinski definition) is 1. The van der Waals surface area contributed by atoms with E-state index in [1.165, 1.54) is 0 Å². The Morgan fingerprint density at radius 1 is 1.39 bits per heavy atom. The second-order valence-electron chi connectivity index (χ2n) is 5.72. The fourth-order valence-electron chi connectivity index (χ4n) is 2.51. The number of anilines is 1. The lowest BCUT2D eigenvalue weighted by Crippen LogP contribution is -2.46. The molecule has 0 radical (unpaired) electrons. The molecule has 18 heavy (non-hydrogen) atoms. The lowest BCUT2D eigenvalue weighted by molar-refractivity contribution is 0.423. The highest BCUT2D eigenvalue weighted by atomic mass is 15.3. The Labute approximate surface area is 110 Å². The number of aromatic nitrogens is 2. The van der Waals surface area contributed by atoms with Crippen molar-refractivity contribution in [2.24, 2.45) is 5.73 Å². The van der Waals surface area contributed by atoms with E-state index in [2.05, 4.69) is 36.7 Å². The van der Waals surface area contributed by atoms with Crippen LogP contribution in [0.3, 0.4) is 0 Å². The van der Waals surface area contributed by atoms with Crippen molar-refractivity contribution in [2.75, 3.05) is 11.4 Å². The quantitative estimate of drug-likeness (QED) is 0.872. The molecule has 2 heterocycles. The van der Waals surface area contributed by atoms with E-state index in [1.807, 2.05) is 6.92 Å². The van der Waals surface area contributed by atoms with Gasteiger partial charge in [-0.15, -0.1) is 0 Å². The summed E-state index contributed by atoms with van der Waals surface area (Å²) in [5.74, 6) is 1.31. The summed E-state index contributed by atoms with van der Waals surface area (Å²) in [5, 5.41) is 0. The number of nitrogens with zero attached hydrogens (tertiary/aromatic N) is 3. The zero-order valence-electron chi connectivity index (χ0n) is 11.8. The standard InChI is InChI=1S/C14H24N4/c1-9(2)13-7-10(3)16-14(17-13)18-6-5-12(15)8-11(18)4/h7,9,11-12H,5-6,8,15H2,1-4H3. The summed E-state index contributed by atoms with van der Waals surface area (Å²) in [6.07, 6.45) is 2.05. The van der Waals surface area contributed by atoms with E-state index < -0.39 is 0 Å². The summed E-state index contributed by atoms with van der Waals surface area (Å²) >= 11 is 0. The largest absolute Gasteiger partial charge is 0.338 e. The van der Waals surface area contributed by atoms with Gasteiger partial charge >= 0.3 is 0 Å². The third-order valence-corrected chi connectivity index (χ3v) is 3.63. The molecule has 1 aromatic heterocycles. The zero-order valence-corrected chi connectivity index (χ0v) is 11.8. The van der Waals surface area contributed by atoms with E-state index in [1.54, 1.807) is 0 Å². The van der Waals surface area contributed by atoms with Crippen molar-refractivity contribution in [1.82, 2.24) is 9.97 Å². The second-order valence-corrected chi connectivity index (χ2v) is 5.72. The van der Waals surface area contributed by atoms with Crippen molar-refractivity contribution in [3.05, 3.63) is 17.5 Å². The maximum atomic E-state index is 6.01. The van der Waals surface area contributed by atoms with Gasteiger partial charge in [-0.2, -0.15) is 0 Å². The van der Waals surface area contributed by atoms with Gasteiger partial charge in [0.05, 0.1) is 0 Å². The molecule has 0 aromatic carbocycles. The first-order chi connectivity index (χ1) is 8.47. The van der Waals surface area contributed by atoms with Crippen molar-refractivity contribution >= 4 is 5.95 Å². The Morgan fingerprint density at radius 2 is 2.11 bits per heavy atom. The molecule has 1 aliphatic heterocycles. The smallest absolute Gasteiger partial charge is 0.226 e. The third-order valence-electron chi connectivity index (χ3n) is 3.63. The molecule has 0 amide bonds. The van der Waals surface area contributed by atoms with Crippen molar-refractivity contribution in [2.45, 2.75) is 58.5 Å². The summed E-state index contributed by atoms with van der Waals surface area (Å²) in [6, 6.07) is 2.83. The van der Waals surface area contributed by atoms with E-state index in [0.717, 1.165) is 36.7 Å². The number of piperidine rings is 1. The molecule has 1 saturated heterocycles. The maximum Gasteiger partial charge on any atom is 0.226 e. The van der Waals surface area contributed by atoms with Crippen molar-refractivity contribution < 1.29 is 0 Å². The van der Waals surface area contributed by atoms with Gasteiger partial charge in [-0.3, -0.25) is 0 Å². The summed E-state index contributed by atoms with van der Waals surface area (Å²) in [4.78, 5) is 11.6. The molecule has 0 saturated carbocycles.